The molecule has 0 unspecified atom stereocenters. The first kappa shape index (κ1) is 20.0. The maximum absolute atomic E-state index is 12.4. The number of hydrogen-bond donors (Lipinski definition) is 1. The number of carbonyl (C=O) groups excluding carboxylic acids is 1. The summed E-state index contributed by atoms with van der Waals surface area (Å²) in [6.07, 6.45) is 12.4. The summed E-state index contributed by atoms with van der Waals surface area (Å²) in [5.41, 5.74) is 5.58. The molecular formula is C26H27N3O. The Balaban J connectivity index is 1.34. The zero-order valence-corrected chi connectivity index (χ0v) is 17.3. The van der Waals surface area contributed by atoms with Gasteiger partial charge in [-0.2, -0.15) is 0 Å². The summed E-state index contributed by atoms with van der Waals surface area (Å²) in [5, 5.41) is 3.37. The number of benzene rings is 1. The van der Waals surface area contributed by atoms with Crippen LogP contribution in [0.1, 0.15) is 53.6 Å². The molecule has 0 atom stereocenters. The maximum atomic E-state index is 12.4. The van der Waals surface area contributed by atoms with E-state index in [9.17, 15) is 4.79 Å². The number of ketones is 1. The molecule has 0 amide bonds. The van der Waals surface area contributed by atoms with E-state index in [1.807, 2.05) is 31.3 Å². The molecule has 4 heteroatoms. The fourth-order valence-electron chi connectivity index (χ4n) is 3.94. The van der Waals surface area contributed by atoms with E-state index in [0.29, 0.717) is 12.3 Å². The number of aryl methyl sites for hydroxylation is 1. The molecule has 1 fully saturated rings. The van der Waals surface area contributed by atoms with Gasteiger partial charge in [-0.25, -0.2) is 4.98 Å². The van der Waals surface area contributed by atoms with Crippen molar-refractivity contribution in [2.24, 2.45) is 5.92 Å². The van der Waals surface area contributed by atoms with Gasteiger partial charge in [0.25, 0.3) is 0 Å². The average Bonchev–Trinajstić information content (AvgIpc) is 2.78. The van der Waals surface area contributed by atoms with Crippen molar-refractivity contribution in [2.45, 2.75) is 39.0 Å². The minimum atomic E-state index is 0.212. The molecule has 1 saturated carbocycles. The number of hydrogen-bond acceptors (Lipinski definition) is 4. The van der Waals surface area contributed by atoms with Crippen molar-refractivity contribution in [3.05, 3.63) is 89.4 Å². The van der Waals surface area contributed by atoms with E-state index in [0.717, 1.165) is 48.3 Å². The van der Waals surface area contributed by atoms with Gasteiger partial charge in [0.2, 0.25) is 0 Å². The molecule has 1 aromatic carbocycles. The number of allylic oxidation sites excluding steroid dienone is 1. The minimum absolute atomic E-state index is 0.212. The quantitative estimate of drug-likeness (QED) is 0.491. The number of nitrogens with zero attached hydrogens (tertiary/aromatic N) is 2. The Labute approximate surface area is 178 Å². The van der Waals surface area contributed by atoms with Crippen LogP contribution in [0.25, 0.3) is 6.08 Å². The lowest BCUT2D eigenvalue weighted by atomic mass is 9.82. The van der Waals surface area contributed by atoms with E-state index in [1.165, 1.54) is 11.1 Å². The second-order valence-corrected chi connectivity index (χ2v) is 8.09. The minimum Gasteiger partial charge on any atom is -0.340 e. The summed E-state index contributed by atoms with van der Waals surface area (Å²) in [7, 11) is 0. The Kier molecular flexibility index (Phi) is 6.33. The van der Waals surface area contributed by atoms with E-state index < -0.39 is 0 Å². The molecule has 4 nitrogen and oxygen atoms in total. The van der Waals surface area contributed by atoms with Crippen LogP contribution in [-0.4, -0.2) is 15.8 Å². The lowest BCUT2D eigenvalue weighted by Crippen LogP contribution is -2.13. The summed E-state index contributed by atoms with van der Waals surface area (Å²) < 4.78 is 0. The highest BCUT2D eigenvalue weighted by atomic mass is 16.1. The summed E-state index contributed by atoms with van der Waals surface area (Å²) >= 11 is 0. The Morgan fingerprint density at radius 1 is 1.10 bits per heavy atom. The van der Waals surface area contributed by atoms with Crippen LogP contribution in [0.3, 0.4) is 0 Å². The molecule has 2 heterocycles. The van der Waals surface area contributed by atoms with Gasteiger partial charge in [0.05, 0.1) is 0 Å². The van der Waals surface area contributed by atoms with Crippen LogP contribution in [0.2, 0.25) is 0 Å². The average molecular weight is 398 g/mol. The third kappa shape index (κ3) is 5.41. The van der Waals surface area contributed by atoms with E-state index in [4.69, 9.17) is 0 Å². The fourth-order valence-corrected chi connectivity index (χ4v) is 3.94. The standard InChI is InChI=1S/C26H27N3O/c1-19-7-12-26(28-17-19)29-24-6-2-4-22(15-24)14-20-8-10-21(11-9-20)16-25(30)23-5-3-13-27-18-23/h2-7,12-15,17-18,21H,8-11,16H2,1H3,(H,28,29). The molecule has 152 valence electrons. The maximum Gasteiger partial charge on any atom is 0.164 e. The van der Waals surface area contributed by atoms with Gasteiger partial charge >= 0.3 is 0 Å². The molecule has 1 N–H and O–H groups in total. The number of anilines is 2. The molecule has 0 spiro atoms. The van der Waals surface area contributed by atoms with Crippen LogP contribution < -0.4 is 5.32 Å². The summed E-state index contributed by atoms with van der Waals surface area (Å²) in [6.45, 7) is 2.03. The Morgan fingerprint density at radius 2 is 1.97 bits per heavy atom. The molecule has 0 radical (unpaired) electrons. The van der Waals surface area contributed by atoms with Gasteiger partial charge in [0.1, 0.15) is 5.82 Å². The molecule has 30 heavy (non-hydrogen) atoms. The van der Waals surface area contributed by atoms with E-state index in [-0.39, 0.29) is 5.78 Å². The Bertz CT molecular complexity index is 1020. The number of nitrogens with one attached hydrogen (secondary N) is 1. The second kappa shape index (κ2) is 9.49. The van der Waals surface area contributed by atoms with Crippen molar-refractivity contribution in [1.29, 1.82) is 0 Å². The van der Waals surface area contributed by atoms with Gasteiger partial charge in [-0.3, -0.25) is 9.78 Å². The van der Waals surface area contributed by atoms with E-state index in [2.05, 4.69) is 51.7 Å². The van der Waals surface area contributed by atoms with Gasteiger partial charge in [0, 0.05) is 36.3 Å². The zero-order chi connectivity index (χ0) is 20.8. The van der Waals surface area contributed by atoms with Gasteiger partial charge in [-0.05, 0) is 80.0 Å². The predicted molar refractivity (Wildman–Crippen MR) is 122 cm³/mol. The molecule has 0 bridgehead atoms. The van der Waals surface area contributed by atoms with Gasteiger partial charge in [-0.15, -0.1) is 0 Å². The molecule has 4 rings (SSSR count). The Hall–Kier alpha value is -3.27. The largest absolute Gasteiger partial charge is 0.340 e. The predicted octanol–water partition coefficient (Wildman–Crippen LogP) is 6.38. The van der Waals surface area contributed by atoms with Gasteiger partial charge in [0.15, 0.2) is 5.78 Å². The van der Waals surface area contributed by atoms with Crippen LogP contribution in [0.4, 0.5) is 11.5 Å². The highest BCUT2D eigenvalue weighted by molar-refractivity contribution is 5.95. The van der Waals surface area contributed by atoms with Crippen LogP contribution in [0, 0.1) is 12.8 Å². The summed E-state index contributed by atoms with van der Waals surface area (Å²) in [4.78, 5) is 20.9. The van der Waals surface area contributed by atoms with Crippen LogP contribution in [0.15, 0.2) is 72.7 Å². The fraction of sp³-hybridized carbons (Fsp3) is 0.269. The lowest BCUT2D eigenvalue weighted by molar-refractivity contribution is 0.0953. The molecular weight excluding hydrogens is 370 g/mol. The first-order valence-electron chi connectivity index (χ1n) is 10.6. The van der Waals surface area contributed by atoms with Crippen molar-refractivity contribution in [3.63, 3.8) is 0 Å². The third-order valence-electron chi connectivity index (χ3n) is 5.65. The number of carbonyl (C=O) groups is 1. The van der Waals surface area contributed by atoms with Crippen molar-refractivity contribution < 1.29 is 4.79 Å². The molecule has 3 aromatic rings. The molecule has 1 aliphatic carbocycles. The van der Waals surface area contributed by atoms with Crippen molar-refractivity contribution >= 4 is 23.4 Å². The van der Waals surface area contributed by atoms with Gasteiger partial charge in [-0.1, -0.05) is 29.8 Å². The molecule has 1 aliphatic rings. The number of aromatic nitrogens is 2. The number of Topliss-reactive ketones (excluding diaryl/α,β-unsaturated/α-hetero) is 1. The van der Waals surface area contributed by atoms with E-state index >= 15 is 0 Å². The highest BCUT2D eigenvalue weighted by Crippen LogP contribution is 2.32. The van der Waals surface area contributed by atoms with Crippen LogP contribution in [0.5, 0.6) is 0 Å². The second-order valence-electron chi connectivity index (χ2n) is 8.09. The van der Waals surface area contributed by atoms with Crippen molar-refractivity contribution in [2.75, 3.05) is 5.32 Å². The molecule has 0 saturated heterocycles. The first-order chi connectivity index (χ1) is 14.7. The van der Waals surface area contributed by atoms with Crippen molar-refractivity contribution in [3.8, 4) is 0 Å². The highest BCUT2D eigenvalue weighted by Gasteiger charge is 2.20. The monoisotopic (exact) mass is 397 g/mol. The van der Waals surface area contributed by atoms with E-state index in [1.54, 1.807) is 12.4 Å². The topological polar surface area (TPSA) is 54.9 Å². The molecule has 2 aromatic heterocycles. The molecule has 0 aliphatic heterocycles. The summed E-state index contributed by atoms with van der Waals surface area (Å²) in [5.74, 6) is 1.53. The van der Waals surface area contributed by atoms with Crippen LogP contribution in [-0.2, 0) is 0 Å². The normalized spacial score (nSPS) is 16.2. The zero-order valence-electron chi connectivity index (χ0n) is 17.3. The van der Waals surface area contributed by atoms with Crippen LogP contribution >= 0.6 is 0 Å². The smallest absolute Gasteiger partial charge is 0.164 e. The number of pyridine rings is 2. The number of rotatable bonds is 6. The third-order valence-corrected chi connectivity index (χ3v) is 5.65. The SMILES string of the molecule is Cc1ccc(Nc2cccc(C=C3CCC(CC(=O)c4cccnc4)CC3)c2)nc1. The first-order valence-corrected chi connectivity index (χ1v) is 10.6. The lowest BCUT2D eigenvalue weighted by Gasteiger charge is -2.23. The van der Waals surface area contributed by atoms with Gasteiger partial charge < -0.3 is 5.32 Å². The van der Waals surface area contributed by atoms with Crippen molar-refractivity contribution in [1.82, 2.24) is 9.97 Å². The Morgan fingerprint density at radius 3 is 2.70 bits per heavy atom. The summed E-state index contributed by atoms with van der Waals surface area (Å²) in [6, 6.07) is 16.2.